The molecule has 2 aromatic rings. The smallest absolute Gasteiger partial charge is 0.317 e. The van der Waals surface area contributed by atoms with Crippen molar-refractivity contribution in [3.8, 4) is 0 Å². The van der Waals surface area contributed by atoms with Crippen molar-refractivity contribution >= 4 is 26.8 Å². The van der Waals surface area contributed by atoms with Crippen LogP contribution in [0.4, 0.5) is 4.79 Å². The van der Waals surface area contributed by atoms with Crippen molar-refractivity contribution in [2.75, 3.05) is 25.1 Å². The van der Waals surface area contributed by atoms with Gasteiger partial charge in [0.15, 0.2) is 9.84 Å². The SMILES string of the molecule is CN(C(=O)NCCc1cccc2cccnc12)[C@@H]1CCS(=O)(=O)C1. The van der Waals surface area contributed by atoms with Gasteiger partial charge in [-0.15, -0.1) is 0 Å². The minimum Gasteiger partial charge on any atom is -0.338 e. The molecule has 0 unspecified atom stereocenters. The van der Waals surface area contributed by atoms with Gasteiger partial charge in [0.2, 0.25) is 0 Å². The van der Waals surface area contributed by atoms with Crippen LogP contribution in [0.15, 0.2) is 36.5 Å². The predicted molar refractivity (Wildman–Crippen MR) is 93.7 cm³/mol. The van der Waals surface area contributed by atoms with Gasteiger partial charge >= 0.3 is 6.03 Å². The lowest BCUT2D eigenvalue weighted by atomic mass is 10.1. The first kappa shape index (κ1) is 16.7. The second-order valence-corrected chi connectivity index (χ2v) is 8.37. The Bertz CT molecular complexity index is 846. The molecule has 0 spiro atoms. The van der Waals surface area contributed by atoms with Crippen LogP contribution < -0.4 is 5.32 Å². The molecule has 1 atom stereocenters. The summed E-state index contributed by atoms with van der Waals surface area (Å²) in [4.78, 5) is 18.1. The Balaban J connectivity index is 1.57. The van der Waals surface area contributed by atoms with E-state index in [1.807, 2.05) is 30.3 Å². The highest BCUT2D eigenvalue weighted by Gasteiger charge is 2.32. The summed E-state index contributed by atoms with van der Waals surface area (Å²) in [7, 11) is -1.34. The van der Waals surface area contributed by atoms with Crippen LogP contribution in [0, 0.1) is 0 Å². The number of aromatic nitrogens is 1. The summed E-state index contributed by atoms with van der Waals surface area (Å²) < 4.78 is 23.1. The van der Waals surface area contributed by atoms with Crippen molar-refractivity contribution in [3.63, 3.8) is 0 Å². The molecule has 0 aliphatic carbocycles. The molecule has 6 nitrogen and oxygen atoms in total. The molecule has 3 rings (SSSR count). The highest BCUT2D eigenvalue weighted by molar-refractivity contribution is 7.91. The Morgan fingerprint density at radius 1 is 1.33 bits per heavy atom. The number of pyridine rings is 1. The molecule has 2 heterocycles. The van der Waals surface area contributed by atoms with Gasteiger partial charge in [-0.3, -0.25) is 4.98 Å². The van der Waals surface area contributed by atoms with E-state index in [2.05, 4.69) is 10.3 Å². The molecule has 1 aromatic heterocycles. The van der Waals surface area contributed by atoms with Crippen LogP contribution in [-0.2, 0) is 16.3 Å². The minimum absolute atomic E-state index is 0.0597. The number of carbonyl (C=O) groups excluding carboxylic acids is 1. The van der Waals surface area contributed by atoms with E-state index in [0.717, 1.165) is 16.5 Å². The lowest BCUT2D eigenvalue weighted by Gasteiger charge is -2.23. The molecule has 0 saturated carbocycles. The Kier molecular flexibility index (Phi) is 4.71. The third-order valence-corrected chi connectivity index (χ3v) is 6.21. The number of sulfone groups is 1. The van der Waals surface area contributed by atoms with E-state index >= 15 is 0 Å². The molecule has 1 saturated heterocycles. The number of rotatable bonds is 4. The highest BCUT2D eigenvalue weighted by Crippen LogP contribution is 2.17. The fourth-order valence-corrected chi connectivity index (χ4v) is 4.82. The fourth-order valence-electron chi connectivity index (χ4n) is 3.04. The molecule has 1 fully saturated rings. The van der Waals surface area contributed by atoms with E-state index in [9.17, 15) is 13.2 Å². The van der Waals surface area contributed by atoms with Crippen LogP contribution in [0.25, 0.3) is 10.9 Å². The van der Waals surface area contributed by atoms with E-state index in [1.54, 1.807) is 13.2 Å². The van der Waals surface area contributed by atoms with E-state index in [-0.39, 0.29) is 23.6 Å². The maximum atomic E-state index is 12.2. The van der Waals surface area contributed by atoms with Crippen LogP contribution in [0.2, 0.25) is 0 Å². The van der Waals surface area contributed by atoms with Gasteiger partial charge in [0.25, 0.3) is 0 Å². The molecule has 7 heteroatoms. The Hall–Kier alpha value is -2.15. The van der Waals surface area contributed by atoms with Crippen molar-refractivity contribution in [2.45, 2.75) is 18.9 Å². The summed E-state index contributed by atoms with van der Waals surface area (Å²) in [6, 6.07) is 9.46. The molecular weight excluding hydrogens is 326 g/mol. The largest absolute Gasteiger partial charge is 0.338 e. The van der Waals surface area contributed by atoms with Gasteiger partial charge in [-0.1, -0.05) is 24.3 Å². The fraction of sp³-hybridized carbons (Fsp3) is 0.412. The third kappa shape index (κ3) is 3.67. The Morgan fingerprint density at radius 3 is 2.88 bits per heavy atom. The topological polar surface area (TPSA) is 79.4 Å². The average Bonchev–Trinajstić information content (AvgIpc) is 2.94. The minimum atomic E-state index is -2.99. The van der Waals surface area contributed by atoms with Crippen molar-refractivity contribution < 1.29 is 13.2 Å². The average molecular weight is 347 g/mol. The van der Waals surface area contributed by atoms with Crippen molar-refractivity contribution in [1.82, 2.24) is 15.2 Å². The zero-order chi connectivity index (χ0) is 17.2. The first-order valence-corrected chi connectivity index (χ1v) is 9.82. The summed E-state index contributed by atoms with van der Waals surface area (Å²) in [5.74, 6) is 0.223. The molecular formula is C17H21N3O3S. The second kappa shape index (κ2) is 6.76. The zero-order valence-electron chi connectivity index (χ0n) is 13.6. The standard InChI is InChI=1S/C17H21N3O3S/c1-20(15-8-11-24(22,23)12-15)17(21)19-10-7-14-5-2-4-13-6-3-9-18-16(13)14/h2-6,9,15H,7-8,10-12H2,1H3,(H,19,21)/t15-/m1/s1. The summed E-state index contributed by atoms with van der Waals surface area (Å²) in [5, 5.41) is 3.94. The lowest BCUT2D eigenvalue weighted by molar-refractivity contribution is 0.195. The molecule has 128 valence electrons. The van der Waals surface area contributed by atoms with Crippen LogP contribution in [0.3, 0.4) is 0 Å². The lowest BCUT2D eigenvalue weighted by Crippen LogP contribution is -2.44. The quantitative estimate of drug-likeness (QED) is 0.911. The predicted octanol–water partition coefficient (Wildman–Crippen LogP) is 1.61. The number of carbonyl (C=O) groups is 1. The molecule has 24 heavy (non-hydrogen) atoms. The van der Waals surface area contributed by atoms with Gasteiger partial charge < -0.3 is 10.2 Å². The monoisotopic (exact) mass is 347 g/mol. The maximum Gasteiger partial charge on any atom is 0.317 e. The number of nitrogens with zero attached hydrogens (tertiary/aromatic N) is 2. The number of hydrogen-bond acceptors (Lipinski definition) is 4. The van der Waals surface area contributed by atoms with E-state index in [4.69, 9.17) is 0 Å². The molecule has 1 aliphatic heterocycles. The van der Waals surface area contributed by atoms with E-state index in [1.165, 1.54) is 4.90 Å². The first-order valence-electron chi connectivity index (χ1n) is 8.00. The molecule has 1 aromatic carbocycles. The number of hydrogen-bond donors (Lipinski definition) is 1. The highest BCUT2D eigenvalue weighted by atomic mass is 32.2. The van der Waals surface area contributed by atoms with Gasteiger partial charge in [-0.05, 0) is 24.5 Å². The molecule has 0 radical (unpaired) electrons. The molecule has 0 bridgehead atoms. The van der Waals surface area contributed by atoms with Gasteiger partial charge in [0.1, 0.15) is 0 Å². The molecule has 2 amide bonds. The molecule has 1 aliphatic rings. The van der Waals surface area contributed by atoms with Crippen LogP contribution in [0.5, 0.6) is 0 Å². The zero-order valence-corrected chi connectivity index (χ0v) is 14.4. The first-order chi connectivity index (χ1) is 11.5. The number of amides is 2. The number of urea groups is 1. The van der Waals surface area contributed by atoms with Crippen LogP contribution in [0.1, 0.15) is 12.0 Å². The van der Waals surface area contributed by atoms with Gasteiger partial charge in [0.05, 0.1) is 17.0 Å². The number of nitrogens with one attached hydrogen (secondary N) is 1. The number of para-hydroxylation sites is 1. The summed E-state index contributed by atoms with van der Waals surface area (Å²) in [6.45, 7) is 0.484. The summed E-state index contributed by atoms with van der Waals surface area (Å²) in [5.41, 5.74) is 2.03. The maximum absolute atomic E-state index is 12.2. The third-order valence-electron chi connectivity index (χ3n) is 4.46. The Morgan fingerprint density at radius 2 is 2.12 bits per heavy atom. The Labute approximate surface area is 141 Å². The van der Waals surface area contributed by atoms with E-state index in [0.29, 0.717) is 19.4 Å². The summed E-state index contributed by atoms with van der Waals surface area (Å²) in [6.07, 6.45) is 2.95. The summed E-state index contributed by atoms with van der Waals surface area (Å²) >= 11 is 0. The second-order valence-electron chi connectivity index (χ2n) is 6.14. The van der Waals surface area contributed by atoms with Crippen LogP contribution >= 0.6 is 0 Å². The number of benzene rings is 1. The van der Waals surface area contributed by atoms with Crippen molar-refractivity contribution in [2.24, 2.45) is 0 Å². The van der Waals surface area contributed by atoms with Crippen LogP contribution in [-0.4, -0.2) is 55.5 Å². The van der Waals surface area contributed by atoms with Crippen molar-refractivity contribution in [3.05, 3.63) is 42.1 Å². The van der Waals surface area contributed by atoms with Gasteiger partial charge in [0, 0.05) is 31.2 Å². The normalized spacial score (nSPS) is 19.3. The van der Waals surface area contributed by atoms with Crippen molar-refractivity contribution in [1.29, 1.82) is 0 Å². The van der Waals surface area contributed by atoms with Gasteiger partial charge in [-0.25, -0.2) is 13.2 Å². The van der Waals surface area contributed by atoms with E-state index < -0.39 is 9.84 Å². The number of fused-ring (bicyclic) bond motifs is 1. The van der Waals surface area contributed by atoms with Gasteiger partial charge in [-0.2, -0.15) is 0 Å². The molecule has 1 N–H and O–H groups in total.